The van der Waals surface area contributed by atoms with Crippen LogP contribution in [0.3, 0.4) is 0 Å². The third-order valence-electron chi connectivity index (χ3n) is 1.65. The second-order valence-corrected chi connectivity index (χ2v) is 4.17. The molecule has 0 saturated carbocycles. The SMILES string of the molecule is O=CNC(CCSCCC(F)(F)F)C(=O)O. The molecule has 94 valence electrons. The molecule has 1 unspecified atom stereocenters. The second kappa shape index (κ2) is 7.37. The third-order valence-corrected chi connectivity index (χ3v) is 2.67. The van der Waals surface area contributed by atoms with Crippen molar-refractivity contribution in [2.45, 2.75) is 25.1 Å². The highest BCUT2D eigenvalue weighted by Crippen LogP contribution is 2.22. The number of halogens is 3. The first-order valence-corrected chi connectivity index (χ1v) is 5.59. The molecular formula is C8H12F3NO3S. The molecule has 0 aliphatic rings. The average Bonchev–Trinajstić information content (AvgIpc) is 2.13. The van der Waals surface area contributed by atoms with E-state index in [2.05, 4.69) is 5.32 Å². The molecule has 0 saturated heterocycles. The Morgan fingerprint density at radius 1 is 1.44 bits per heavy atom. The molecule has 0 aliphatic heterocycles. The highest BCUT2D eigenvalue weighted by molar-refractivity contribution is 7.99. The van der Waals surface area contributed by atoms with E-state index in [-0.39, 0.29) is 24.3 Å². The van der Waals surface area contributed by atoms with Crippen molar-refractivity contribution in [3.63, 3.8) is 0 Å². The maximum Gasteiger partial charge on any atom is 0.389 e. The molecule has 0 aromatic rings. The first kappa shape index (κ1) is 15.1. The third kappa shape index (κ3) is 8.39. The summed E-state index contributed by atoms with van der Waals surface area (Å²) in [4.78, 5) is 20.5. The van der Waals surface area contributed by atoms with Crippen molar-refractivity contribution in [1.29, 1.82) is 0 Å². The molecular weight excluding hydrogens is 247 g/mol. The molecule has 0 spiro atoms. The highest BCUT2D eigenvalue weighted by Gasteiger charge is 2.26. The monoisotopic (exact) mass is 259 g/mol. The fraction of sp³-hybridized carbons (Fsp3) is 0.750. The zero-order valence-corrected chi connectivity index (χ0v) is 9.11. The van der Waals surface area contributed by atoms with E-state index in [1.807, 2.05) is 0 Å². The van der Waals surface area contributed by atoms with E-state index in [9.17, 15) is 22.8 Å². The molecule has 0 radical (unpaired) electrons. The fourth-order valence-electron chi connectivity index (χ4n) is 0.851. The normalized spacial score (nSPS) is 13.2. The van der Waals surface area contributed by atoms with Gasteiger partial charge in [0.25, 0.3) is 0 Å². The van der Waals surface area contributed by atoms with Crippen LogP contribution in [-0.2, 0) is 9.59 Å². The Kier molecular flexibility index (Phi) is 6.95. The van der Waals surface area contributed by atoms with Gasteiger partial charge in [0.15, 0.2) is 0 Å². The summed E-state index contributed by atoms with van der Waals surface area (Å²) in [6.07, 6.45) is -4.70. The van der Waals surface area contributed by atoms with Crippen LogP contribution in [0.4, 0.5) is 13.2 Å². The van der Waals surface area contributed by atoms with Crippen LogP contribution in [0.2, 0.25) is 0 Å². The number of carboxylic acids is 1. The molecule has 16 heavy (non-hydrogen) atoms. The van der Waals surface area contributed by atoms with Gasteiger partial charge in [0, 0.05) is 5.75 Å². The van der Waals surface area contributed by atoms with Gasteiger partial charge < -0.3 is 10.4 Å². The summed E-state index contributed by atoms with van der Waals surface area (Å²) in [5.74, 6) is -1.03. The Labute approximate surface area is 94.6 Å². The Bertz CT molecular complexity index is 235. The topological polar surface area (TPSA) is 66.4 Å². The highest BCUT2D eigenvalue weighted by atomic mass is 32.2. The summed E-state index contributed by atoms with van der Waals surface area (Å²) >= 11 is 1.01. The molecule has 0 aromatic carbocycles. The van der Waals surface area contributed by atoms with Crippen molar-refractivity contribution in [2.75, 3.05) is 11.5 Å². The maximum absolute atomic E-state index is 11.7. The molecule has 4 nitrogen and oxygen atoms in total. The lowest BCUT2D eigenvalue weighted by Crippen LogP contribution is -2.36. The lowest BCUT2D eigenvalue weighted by atomic mass is 10.2. The van der Waals surface area contributed by atoms with Crippen LogP contribution in [0, 0.1) is 0 Å². The number of hydrogen-bond acceptors (Lipinski definition) is 3. The average molecular weight is 259 g/mol. The minimum absolute atomic E-state index is 0.100. The number of alkyl halides is 3. The van der Waals surface area contributed by atoms with Crippen molar-refractivity contribution in [2.24, 2.45) is 0 Å². The van der Waals surface area contributed by atoms with Crippen LogP contribution in [-0.4, -0.2) is 41.2 Å². The van der Waals surface area contributed by atoms with Gasteiger partial charge in [0.1, 0.15) is 6.04 Å². The number of hydrogen-bond donors (Lipinski definition) is 2. The Balaban J connectivity index is 3.63. The van der Waals surface area contributed by atoms with Crippen LogP contribution in [0.5, 0.6) is 0 Å². The Morgan fingerprint density at radius 3 is 2.50 bits per heavy atom. The van der Waals surface area contributed by atoms with Gasteiger partial charge in [-0.15, -0.1) is 0 Å². The molecule has 0 bridgehead atoms. The number of amides is 1. The molecule has 0 rings (SSSR count). The van der Waals surface area contributed by atoms with Crippen molar-refractivity contribution < 1.29 is 27.9 Å². The summed E-state index contributed by atoms with van der Waals surface area (Å²) in [5, 5.41) is 10.7. The summed E-state index contributed by atoms with van der Waals surface area (Å²) in [5.41, 5.74) is 0. The summed E-state index contributed by atoms with van der Waals surface area (Å²) in [6.45, 7) is 0. The van der Waals surface area contributed by atoms with Gasteiger partial charge in [-0.25, -0.2) is 4.79 Å². The number of carboxylic acid groups (broad SMARTS) is 1. The van der Waals surface area contributed by atoms with E-state index in [0.717, 1.165) is 11.8 Å². The molecule has 8 heteroatoms. The van der Waals surface area contributed by atoms with Gasteiger partial charge in [0.05, 0.1) is 6.42 Å². The predicted octanol–water partition coefficient (Wildman–Crippen LogP) is 1.26. The van der Waals surface area contributed by atoms with Crippen molar-refractivity contribution in [3.05, 3.63) is 0 Å². The molecule has 0 aromatic heterocycles. The maximum atomic E-state index is 11.7. The van der Waals surface area contributed by atoms with Crippen molar-refractivity contribution in [1.82, 2.24) is 5.32 Å². The number of thioether (sulfide) groups is 1. The van der Waals surface area contributed by atoms with Crippen LogP contribution in [0.15, 0.2) is 0 Å². The van der Waals surface area contributed by atoms with E-state index in [0.29, 0.717) is 0 Å². The number of carbonyl (C=O) groups excluding carboxylic acids is 1. The smallest absolute Gasteiger partial charge is 0.389 e. The summed E-state index contributed by atoms with van der Waals surface area (Å²) in [7, 11) is 0. The van der Waals surface area contributed by atoms with Crippen LogP contribution < -0.4 is 5.32 Å². The lowest BCUT2D eigenvalue weighted by Gasteiger charge is -2.10. The number of rotatable bonds is 8. The molecule has 1 atom stereocenters. The van der Waals surface area contributed by atoms with Crippen molar-refractivity contribution >= 4 is 24.1 Å². The van der Waals surface area contributed by atoms with E-state index in [1.54, 1.807) is 0 Å². The van der Waals surface area contributed by atoms with E-state index in [4.69, 9.17) is 5.11 Å². The molecule has 0 heterocycles. The number of aliphatic carboxylic acids is 1. The van der Waals surface area contributed by atoms with Crippen LogP contribution in [0.1, 0.15) is 12.8 Å². The lowest BCUT2D eigenvalue weighted by molar-refractivity contribution is -0.140. The van der Waals surface area contributed by atoms with E-state index < -0.39 is 24.6 Å². The van der Waals surface area contributed by atoms with Crippen LogP contribution in [0.25, 0.3) is 0 Å². The first-order valence-electron chi connectivity index (χ1n) is 4.44. The fourth-order valence-corrected chi connectivity index (χ4v) is 1.83. The number of nitrogens with one attached hydrogen (secondary N) is 1. The Hall–Kier alpha value is -0.920. The molecule has 2 N–H and O–H groups in total. The zero-order chi connectivity index (χ0) is 12.6. The zero-order valence-electron chi connectivity index (χ0n) is 8.29. The largest absolute Gasteiger partial charge is 0.480 e. The molecule has 0 aliphatic carbocycles. The molecule has 0 fully saturated rings. The van der Waals surface area contributed by atoms with E-state index in [1.165, 1.54) is 0 Å². The Morgan fingerprint density at radius 2 is 2.06 bits per heavy atom. The van der Waals surface area contributed by atoms with Crippen molar-refractivity contribution in [3.8, 4) is 0 Å². The summed E-state index contributed by atoms with van der Waals surface area (Å²) < 4.78 is 35.2. The second-order valence-electron chi connectivity index (χ2n) is 2.94. The summed E-state index contributed by atoms with van der Waals surface area (Å²) in [6, 6.07) is -1.03. The van der Waals surface area contributed by atoms with Gasteiger partial charge in [-0.3, -0.25) is 4.79 Å². The van der Waals surface area contributed by atoms with Gasteiger partial charge in [-0.05, 0) is 12.2 Å². The quantitative estimate of drug-likeness (QED) is 0.509. The standard InChI is InChI=1S/C8H12F3NO3S/c9-8(10,11)2-4-16-3-1-6(7(14)15)12-5-13/h5-6H,1-4H2,(H,12,13)(H,14,15). The van der Waals surface area contributed by atoms with E-state index >= 15 is 0 Å². The predicted molar refractivity (Wildman–Crippen MR) is 53.2 cm³/mol. The molecule has 1 amide bonds. The first-order chi connectivity index (χ1) is 7.37. The van der Waals surface area contributed by atoms with Gasteiger partial charge in [-0.2, -0.15) is 24.9 Å². The van der Waals surface area contributed by atoms with Gasteiger partial charge in [-0.1, -0.05) is 0 Å². The van der Waals surface area contributed by atoms with Gasteiger partial charge in [0.2, 0.25) is 6.41 Å². The van der Waals surface area contributed by atoms with Gasteiger partial charge >= 0.3 is 12.1 Å². The number of carbonyl (C=O) groups is 2. The van der Waals surface area contributed by atoms with Crippen LogP contribution >= 0.6 is 11.8 Å². The minimum Gasteiger partial charge on any atom is -0.480 e. The minimum atomic E-state index is -4.18.